The van der Waals surface area contributed by atoms with E-state index < -0.39 is 17.8 Å². The van der Waals surface area contributed by atoms with Crippen LogP contribution < -0.4 is 16.4 Å². The van der Waals surface area contributed by atoms with Crippen LogP contribution in [0.1, 0.15) is 21.0 Å². The van der Waals surface area contributed by atoms with Gasteiger partial charge in [-0.2, -0.15) is 5.10 Å². The van der Waals surface area contributed by atoms with Crippen LogP contribution in [0, 0.1) is 0 Å². The van der Waals surface area contributed by atoms with Gasteiger partial charge in [-0.3, -0.25) is 19.1 Å². The van der Waals surface area contributed by atoms with Gasteiger partial charge in [-0.1, -0.05) is 0 Å². The molecule has 5 N–H and O–H groups in total. The van der Waals surface area contributed by atoms with E-state index in [1.807, 2.05) is 0 Å². The Balaban J connectivity index is 1.77. The van der Waals surface area contributed by atoms with Crippen LogP contribution in [0.3, 0.4) is 0 Å². The summed E-state index contributed by atoms with van der Waals surface area (Å²) in [4.78, 5) is 42.5. The second kappa shape index (κ2) is 7.57. The fourth-order valence-corrected chi connectivity index (χ4v) is 2.29. The van der Waals surface area contributed by atoms with E-state index in [0.29, 0.717) is 11.4 Å². The fourth-order valence-electron chi connectivity index (χ4n) is 2.29. The molecule has 3 rings (SSSR count). The first kappa shape index (κ1) is 18.6. The molecule has 0 aliphatic rings. The number of pyridine rings is 1. The molecule has 12 nitrogen and oxygen atoms in total. The molecule has 0 fully saturated rings. The number of carboxylic acid groups (broad SMARTS) is 1. The summed E-state index contributed by atoms with van der Waals surface area (Å²) in [6, 6.07) is 3.12. The number of hydrogen-bond acceptors (Lipinski definition) is 8. The van der Waals surface area contributed by atoms with Crippen LogP contribution in [0.5, 0.6) is 0 Å². The van der Waals surface area contributed by atoms with Crippen LogP contribution in [0.25, 0.3) is 11.5 Å². The number of primary amides is 1. The lowest BCUT2D eigenvalue weighted by Gasteiger charge is -2.03. The third-order valence-corrected chi connectivity index (χ3v) is 3.47. The summed E-state index contributed by atoms with van der Waals surface area (Å²) < 4.78 is 6.66. The van der Waals surface area contributed by atoms with Gasteiger partial charge in [0.25, 0.3) is 11.8 Å². The number of aromatic nitrogens is 4. The Kier molecular flexibility index (Phi) is 5.02. The highest BCUT2D eigenvalue weighted by atomic mass is 16.4. The zero-order chi connectivity index (χ0) is 20.3. The molecule has 144 valence electrons. The summed E-state index contributed by atoms with van der Waals surface area (Å²) in [7, 11) is 1.58. The van der Waals surface area contributed by atoms with Crippen molar-refractivity contribution in [3.63, 3.8) is 0 Å². The van der Waals surface area contributed by atoms with Gasteiger partial charge in [-0.15, -0.1) is 0 Å². The number of nitrogens with one attached hydrogen (secondary N) is 2. The normalized spacial score (nSPS) is 10.5. The van der Waals surface area contributed by atoms with Crippen molar-refractivity contribution < 1.29 is 23.9 Å². The molecule has 0 saturated carbocycles. The zero-order valence-corrected chi connectivity index (χ0v) is 14.5. The number of carboxylic acids is 1. The molecule has 0 radical (unpaired) electrons. The molecule has 0 aromatic carbocycles. The number of carbonyl (C=O) groups excluding carboxylic acids is 2. The van der Waals surface area contributed by atoms with E-state index in [1.54, 1.807) is 13.1 Å². The topological polar surface area (TPSA) is 178 Å². The molecule has 3 aromatic heterocycles. The number of aryl methyl sites for hydroxylation is 1. The quantitative estimate of drug-likeness (QED) is 0.445. The van der Waals surface area contributed by atoms with Crippen molar-refractivity contribution in [2.45, 2.75) is 0 Å². The van der Waals surface area contributed by atoms with E-state index >= 15 is 0 Å². The monoisotopic (exact) mass is 385 g/mol. The number of oxazole rings is 1. The summed E-state index contributed by atoms with van der Waals surface area (Å²) in [6.07, 6.45) is 4.02. The third kappa shape index (κ3) is 4.12. The van der Waals surface area contributed by atoms with Gasteiger partial charge in [0, 0.05) is 25.0 Å². The van der Waals surface area contributed by atoms with Gasteiger partial charge in [-0.25, -0.2) is 9.97 Å². The van der Waals surface area contributed by atoms with Crippen LogP contribution in [-0.4, -0.2) is 49.2 Å². The first-order chi connectivity index (χ1) is 13.3. The predicted octanol–water partition coefficient (Wildman–Crippen LogP) is 0.318. The molecule has 0 aliphatic carbocycles. The number of anilines is 2. The first-order valence-electron chi connectivity index (χ1n) is 7.86. The molecule has 0 bridgehead atoms. The Hall–Kier alpha value is -4.22. The maximum atomic E-state index is 12.4. The fraction of sp³-hybridized carbons (Fsp3) is 0.125. The van der Waals surface area contributed by atoms with Gasteiger partial charge >= 0.3 is 5.97 Å². The number of nitrogens with two attached hydrogens (primary N) is 1. The summed E-state index contributed by atoms with van der Waals surface area (Å²) in [5.74, 6) is -2.00. The van der Waals surface area contributed by atoms with Crippen molar-refractivity contribution in [3.05, 3.63) is 42.2 Å². The molecule has 3 aromatic rings. The molecule has 0 spiro atoms. The Morgan fingerprint density at radius 3 is 2.86 bits per heavy atom. The van der Waals surface area contributed by atoms with Gasteiger partial charge in [0.15, 0.2) is 11.4 Å². The van der Waals surface area contributed by atoms with Crippen molar-refractivity contribution in [2.75, 3.05) is 17.2 Å². The number of aliphatic carboxylic acids is 1. The molecule has 2 amide bonds. The van der Waals surface area contributed by atoms with Crippen LogP contribution in [0.4, 0.5) is 11.5 Å². The van der Waals surface area contributed by atoms with Gasteiger partial charge in [-0.05, 0) is 12.1 Å². The van der Waals surface area contributed by atoms with Crippen LogP contribution in [-0.2, 0) is 11.8 Å². The minimum Gasteiger partial charge on any atom is -0.480 e. The van der Waals surface area contributed by atoms with Crippen molar-refractivity contribution >= 4 is 29.3 Å². The number of carbonyl (C=O) groups is 3. The van der Waals surface area contributed by atoms with Crippen molar-refractivity contribution in [1.29, 1.82) is 0 Å². The highest BCUT2D eigenvalue weighted by molar-refractivity contribution is 6.07. The lowest BCUT2D eigenvalue weighted by Crippen LogP contribution is -2.18. The van der Waals surface area contributed by atoms with Gasteiger partial charge in [0.2, 0.25) is 5.89 Å². The largest absolute Gasteiger partial charge is 0.480 e. The molecule has 0 saturated heterocycles. The van der Waals surface area contributed by atoms with E-state index in [-0.39, 0.29) is 29.5 Å². The zero-order valence-electron chi connectivity index (χ0n) is 14.5. The average Bonchev–Trinajstić information content (AvgIpc) is 3.27. The maximum Gasteiger partial charge on any atom is 0.322 e. The maximum absolute atomic E-state index is 12.4. The second-order valence-corrected chi connectivity index (χ2v) is 5.60. The highest BCUT2D eigenvalue weighted by Gasteiger charge is 2.19. The van der Waals surface area contributed by atoms with Gasteiger partial charge in [0.05, 0.1) is 5.69 Å². The Morgan fingerprint density at radius 2 is 2.14 bits per heavy atom. The lowest BCUT2D eigenvalue weighted by atomic mass is 10.2. The predicted molar refractivity (Wildman–Crippen MR) is 95.5 cm³/mol. The molecule has 3 heterocycles. The Bertz CT molecular complexity index is 1060. The van der Waals surface area contributed by atoms with Crippen LogP contribution in [0.2, 0.25) is 0 Å². The summed E-state index contributed by atoms with van der Waals surface area (Å²) >= 11 is 0. The molecule has 0 aliphatic heterocycles. The SMILES string of the molecule is Cn1cc(NC(=O)c2coc(-c3ccnc(NCC(=O)O)c3)n2)c(C(N)=O)n1. The number of rotatable bonds is 7. The van der Waals surface area contributed by atoms with Crippen molar-refractivity contribution in [2.24, 2.45) is 12.8 Å². The Labute approximate surface area is 157 Å². The molecular weight excluding hydrogens is 370 g/mol. The van der Waals surface area contributed by atoms with E-state index in [0.717, 1.165) is 6.26 Å². The van der Waals surface area contributed by atoms with E-state index in [2.05, 4.69) is 25.7 Å². The smallest absolute Gasteiger partial charge is 0.322 e. The van der Waals surface area contributed by atoms with Crippen LogP contribution >= 0.6 is 0 Å². The number of nitrogens with zero attached hydrogens (tertiary/aromatic N) is 4. The minimum absolute atomic E-state index is 0.0360. The number of hydrogen-bond donors (Lipinski definition) is 4. The lowest BCUT2D eigenvalue weighted by molar-refractivity contribution is -0.134. The van der Waals surface area contributed by atoms with Gasteiger partial charge < -0.3 is 25.9 Å². The van der Waals surface area contributed by atoms with Gasteiger partial charge in [0.1, 0.15) is 18.6 Å². The van der Waals surface area contributed by atoms with E-state index in [4.69, 9.17) is 15.3 Å². The molecule has 12 heteroatoms. The highest BCUT2D eigenvalue weighted by Crippen LogP contribution is 2.21. The number of amides is 2. The summed E-state index contributed by atoms with van der Waals surface area (Å²) in [5.41, 5.74) is 5.75. The summed E-state index contributed by atoms with van der Waals surface area (Å²) in [6.45, 7) is -0.303. The first-order valence-corrected chi connectivity index (χ1v) is 7.86. The second-order valence-electron chi connectivity index (χ2n) is 5.60. The molecule has 0 unspecified atom stereocenters. The van der Waals surface area contributed by atoms with Crippen LogP contribution in [0.15, 0.2) is 35.2 Å². The standard InChI is InChI=1S/C16H15N7O5/c1-23-6-9(13(22-23)14(17)26)20-15(27)10-7-28-16(21-10)8-2-3-18-11(4-8)19-5-12(24)25/h2-4,6-7H,5H2,1H3,(H2,17,26)(H,18,19)(H,20,27)(H,24,25). The molecular formula is C16H15N7O5. The van der Waals surface area contributed by atoms with Crippen molar-refractivity contribution in [3.8, 4) is 11.5 Å². The minimum atomic E-state index is -1.03. The summed E-state index contributed by atoms with van der Waals surface area (Å²) in [5, 5.41) is 17.7. The average molecular weight is 385 g/mol. The van der Waals surface area contributed by atoms with E-state index in [1.165, 1.54) is 23.1 Å². The van der Waals surface area contributed by atoms with E-state index in [9.17, 15) is 14.4 Å². The van der Waals surface area contributed by atoms with Crippen molar-refractivity contribution in [1.82, 2.24) is 19.7 Å². The molecule has 28 heavy (non-hydrogen) atoms. The third-order valence-electron chi connectivity index (χ3n) is 3.47. The molecule has 0 atom stereocenters. The Morgan fingerprint density at radius 1 is 1.36 bits per heavy atom.